The fraction of sp³-hybridized carbons (Fsp3) is 0.355. The molecule has 0 aromatic heterocycles. The fourth-order valence-electron chi connectivity index (χ4n) is 4.23. The number of anilines is 1. The number of carbonyl (C=O) groups excluding carboxylic acids is 2. The molecule has 1 N–H and O–H groups in total. The van der Waals surface area contributed by atoms with Crippen LogP contribution in [0.3, 0.4) is 0 Å². The molecule has 0 aliphatic carbocycles. The molecular weight excluding hydrogens is 546 g/mol. The number of hydrogen-bond donors (Lipinski definition) is 1. The third kappa shape index (κ3) is 7.64. The minimum atomic E-state index is -4.17. The third-order valence-corrected chi connectivity index (χ3v) is 8.60. The summed E-state index contributed by atoms with van der Waals surface area (Å²) < 4.78 is 29.1. The zero-order valence-electron chi connectivity index (χ0n) is 24.2. The number of carbonyl (C=O) groups is 2. The van der Waals surface area contributed by atoms with Gasteiger partial charge in [-0.2, -0.15) is 0 Å². The zero-order valence-corrected chi connectivity index (χ0v) is 25.7. The lowest BCUT2D eigenvalue weighted by Crippen LogP contribution is -2.54. The highest BCUT2D eigenvalue weighted by molar-refractivity contribution is 7.92. The molecule has 0 heterocycles. The van der Waals surface area contributed by atoms with Gasteiger partial charge >= 0.3 is 0 Å². The fourth-order valence-corrected chi connectivity index (χ4v) is 5.87. The summed E-state index contributed by atoms with van der Waals surface area (Å²) in [5, 5.41) is 3.28. The average Bonchev–Trinajstić information content (AvgIpc) is 2.87. The smallest absolute Gasteiger partial charge is 0.264 e. The SMILES string of the molecule is Cc1ccc(S(=O)(=O)N(CC(=O)N(Cc2ccccc2C)[C@@H](C)C(=O)NC(C)(C)C)c2cc(Cl)ccc2C)cc1. The summed E-state index contributed by atoms with van der Waals surface area (Å²) >= 11 is 6.29. The van der Waals surface area contributed by atoms with Crippen molar-refractivity contribution in [1.29, 1.82) is 0 Å². The van der Waals surface area contributed by atoms with Crippen molar-refractivity contribution >= 4 is 39.1 Å². The van der Waals surface area contributed by atoms with E-state index in [1.807, 2.05) is 58.9 Å². The van der Waals surface area contributed by atoms with Crippen molar-refractivity contribution in [3.63, 3.8) is 0 Å². The lowest BCUT2D eigenvalue weighted by Gasteiger charge is -2.34. The van der Waals surface area contributed by atoms with Crippen molar-refractivity contribution in [3.05, 3.63) is 94.0 Å². The summed E-state index contributed by atoms with van der Waals surface area (Å²) in [6.45, 7) is 12.4. The second-order valence-corrected chi connectivity index (χ2v) is 13.4. The van der Waals surface area contributed by atoms with E-state index in [0.29, 0.717) is 16.3 Å². The Morgan fingerprint density at radius 3 is 2.15 bits per heavy atom. The number of nitrogens with zero attached hydrogens (tertiary/aromatic N) is 2. The Labute approximate surface area is 243 Å². The summed E-state index contributed by atoms with van der Waals surface area (Å²) in [6.07, 6.45) is 0. The van der Waals surface area contributed by atoms with Gasteiger partial charge in [0.05, 0.1) is 10.6 Å². The van der Waals surface area contributed by atoms with E-state index in [4.69, 9.17) is 11.6 Å². The van der Waals surface area contributed by atoms with Crippen molar-refractivity contribution in [2.75, 3.05) is 10.8 Å². The summed E-state index contributed by atoms with van der Waals surface area (Å²) in [4.78, 5) is 28.8. The zero-order chi connectivity index (χ0) is 29.8. The van der Waals surface area contributed by atoms with Crippen LogP contribution in [0.5, 0.6) is 0 Å². The van der Waals surface area contributed by atoms with E-state index in [9.17, 15) is 18.0 Å². The average molecular weight is 584 g/mol. The maximum Gasteiger partial charge on any atom is 0.264 e. The highest BCUT2D eigenvalue weighted by Crippen LogP contribution is 2.30. The minimum absolute atomic E-state index is 0.0502. The molecule has 0 saturated heterocycles. The summed E-state index contributed by atoms with van der Waals surface area (Å²) in [5.41, 5.74) is 3.14. The van der Waals surface area contributed by atoms with Crippen LogP contribution in [0.2, 0.25) is 5.02 Å². The van der Waals surface area contributed by atoms with Crippen LogP contribution in [-0.4, -0.2) is 43.3 Å². The van der Waals surface area contributed by atoms with Gasteiger partial charge in [-0.25, -0.2) is 8.42 Å². The van der Waals surface area contributed by atoms with E-state index in [0.717, 1.165) is 21.0 Å². The Morgan fingerprint density at radius 2 is 1.55 bits per heavy atom. The van der Waals surface area contributed by atoms with E-state index >= 15 is 0 Å². The Bertz CT molecular complexity index is 1480. The Morgan fingerprint density at radius 1 is 0.925 bits per heavy atom. The Kier molecular flexibility index (Phi) is 9.69. The molecule has 0 radical (unpaired) electrons. The van der Waals surface area contributed by atoms with Crippen LogP contribution in [0.15, 0.2) is 71.6 Å². The van der Waals surface area contributed by atoms with Gasteiger partial charge in [0.25, 0.3) is 10.0 Å². The highest BCUT2D eigenvalue weighted by atomic mass is 35.5. The van der Waals surface area contributed by atoms with Crippen molar-refractivity contribution in [2.45, 2.75) is 71.5 Å². The first-order chi connectivity index (χ1) is 18.6. The first-order valence-electron chi connectivity index (χ1n) is 13.1. The van der Waals surface area contributed by atoms with E-state index in [1.165, 1.54) is 23.1 Å². The molecule has 0 aliphatic heterocycles. The van der Waals surface area contributed by atoms with Gasteiger partial charge in [0.2, 0.25) is 11.8 Å². The number of rotatable bonds is 9. The summed E-state index contributed by atoms with van der Waals surface area (Å²) in [5.74, 6) is -0.851. The molecule has 2 amide bonds. The first-order valence-corrected chi connectivity index (χ1v) is 14.9. The monoisotopic (exact) mass is 583 g/mol. The molecule has 0 unspecified atom stereocenters. The van der Waals surface area contributed by atoms with Crippen molar-refractivity contribution in [1.82, 2.24) is 10.2 Å². The van der Waals surface area contributed by atoms with E-state index < -0.39 is 34.1 Å². The molecule has 9 heteroatoms. The van der Waals surface area contributed by atoms with Crippen molar-refractivity contribution in [2.24, 2.45) is 0 Å². The molecule has 214 valence electrons. The van der Waals surface area contributed by atoms with Crippen LogP contribution in [0.1, 0.15) is 49.9 Å². The van der Waals surface area contributed by atoms with Gasteiger partial charge in [-0.15, -0.1) is 0 Å². The molecular formula is C31H38ClN3O4S. The van der Waals surface area contributed by atoms with E-state index in [2.05, 4.69) is 5.32 Å². The quantitative estimate of drug-likeness (QED) is 0.345. The molecule has 0 saturated carbocycles. The molecule has 0 aliphatic rings. The summed E-state index contributed by atoms with van der Waals surface area (Å²) in [7, 11) is -4.17. The van der Waals surface area contributed by atoms with Crippen molar-refractivity contribution in [3.8, 4) is 0 Å². The van der Waals surface area contributed by atoms with E-state index in [1.54, 1.807) is 38.1 Å². The standard InChI is InChI=1S/C31H38ClN3O4S/c1-21-12-16-27(17-13-21)40(38,39)35(28-18-26(32)15-14-23(28)3)20-29(36)34(19-25-11-9-8-10-22(25)2)24(4)30(37)33-31(5,6)7/h8-18,24H,19-20H2,1-7H3,(H,33,37)/t24-/m0/s1. The van der Waals surface area contributed by atoms with Crippen LogP contribution < -0.4 is 9.62 Å². The van der Waals surface area contributed by atoms with Gasteiger partial charge < -0.3 is 10.2 Å². The number of benzene rings is 3. The van der Waals surface area contributed by atoms with Crippen LogP contribution in [0.4, 0.5) is 5.69 Å². The van der Waals surface area contributed by atoms with Crippen LogP contribution >= 0.6 is 11.6 Å². The van der Waals surface area contributed by atoms with Gasteiger partial charge in [0, 0.05) is 17.1 Å². The minimum Gasteiger partial charge on any atom is -0.350 e. The van der Waals surface area contributed by atoms with E-state index in [-0.39, 0.29) is 17.3 Å². The molecule has 40 heavy (non-hydrogen) atoms. The van der Waals surface area contributed by atoms with Crippen LogP contribution in [0, 0.1) is 20.8 Å². The van der Waals surface area contributed by atoms with Gasteiger partial charge in [0.15, 0.2) is 0 Å². The number of nitrogens with one attached hydrogen (secondary N) is 1. The van der Waals surface area contributed by atoms with Crippen LogP contribution in [-0.2, 0) is 26.2 Å². The normalized spacial score (nSPS) is 12.5. The summed E-state index contributed by atoms with van der Waals surface area (Å²) in [6, 6.07) is 18.1. The largest absolute Gasteiger partial charge is 0.350 e. The molecule has 3 aromatic rings. The number of aryl methyl sites for hydroxylation is 3. The molecule has 7 nitrogen and oxygen atoms in total. The molecule has 3 aromatic carbocycles. The second kappa shape index (κ2) is 12.4. The van der Waals surface area contributed by atoms with Gasteiger partial charge in [0.1, 0.15) is 12.6 Å². The third-order valence-electron chi connectivity index (χ3n) is 6.60. The number of sulfonamides is 1. The van der Waals surface area contributed by atoms with Crippen molar-refractivity contribution < 1.29 is 18.0 Å². The second-order valence-electron chi connectivity index (χ2n) is 11.1. The maximum atomic E-state index is 14.1. The Balaban J connectivity index is 2.09. The molecule has 0 fully saturated rings. The molecule has 0 bridgehead atoms. The molecule has 3 rings (SSSR count). The number of halogens is 1. The lowest BCUT2D eigenvalue weighted by molar-refractivity contribution is -0.140. The number of hydrogen-bond acceptors (Lipinski definition) is 4. The predicted octanol–water partition coefficient (Wildman–Crippen LogP) is 5.79. The predicted molar refractivity (Wildman–Crippen MR) is 161 cm³/mol. The van der Waals surface area contributed by atoms with Gasteiger partial charge in [-0.1, -0.05) is 59.6 Å². The molecule has 0 spiro atoms. The lowest BCUT2D eigenvalue weighted by atomic mass is 10.1. The van der Waals surface area contributed by atoms with Gasteiger partial charge in [-0.05, 0) is 89.4 Å². The highest BCUT2D eigenvalue weighted by Gasteiger charge is 2.34. The molecule has 1 atom stereocenters. The topological polar surface area (TPSA) is 86.8 Å². The first kappa shape index (κ1) is 31.2. The van der Waals surface area contributed by atoms with Gasteiger partial charge in [-0.3, -0.25) is 13.9 Å². The van der Waals surface area contributed by atoms with Crippen LogP contribution in [0.25, 0.3) is 0 Å². The maximum absolute atomic E-state index is 14.1. The number of amides is 2. The Hall–Kier alpha value is -3.36.